The van der Waals surface area contributed by atoms with Gasteiger partial charge in [-0.3, -0.25) is 9.59 Å². The van der Waals surface area contributed by atoms with Gasteiger partial charge in [0.05, 0.1) is 0 Å². The van der Waals surface area contributed by atoms with Crippen molar-refractivity contribution in [3.8, 4) is 0 Å². The van der Waals surface area contributed by atoms with Crippen LogP contribution in [0.3, 0.4) is 0 Å². The highest BCUT2D eigenvalue weighted by molar-refractivity contribution is 14.1. The highest BCUT2D eigenvalue weighted by Crippen LogP contribution is 2.07. The molecule has 0 fully saturated rings. The second-order valence-corrected chi connectivity index (χ2v) is 5.58. The lowest BCUT2D eigenvalue weighted by Crippen LogP contribution is -2.30. The number of halogens is 1. The Bertz CT molecular complexity index is 628. The van der Waals surface area contributed by atoms with Crippen molar-refractivity contribution in [3.63, 3.8) is 0 Å². The average Bonchev–Trinajstić information content (AvgIpc) is 2.51. The molecule has 0 saturated carbocycles. The Kier molecular flexibility index (Phi) is 5.74. The molecular formula is C16H14INO3. The quantitative estimate of drug-likeness (QED) is 0.626. The van der Waals surface area contributed by atoms with Crippen molar-refractivity contribution < 1.29 is 14.3 Å². The van der Waals surface area contributed by atoms with E-state index in [1.807, 2.05) is 36.4 Å². The standard InChI is InChI=1S/C16H14INO3/c17-14-8-4-7-13(9-14)16(20)18-10-15(19)21-11-12-5-2-1-3-6-12/h1-9H,10-11H2,(H,18,20). The lowest BCUT2D eigenvalue weighted by Gasteiger charge is -2.07. The van der Waals surface area contributed by atoms with E-state index in [1.54, 1.807) is 18.2 Å². The molecule has 0 radical (unpaired) electrons. The van der Waals surface area contributed by atoms with Crippen LogP contribution in [0.5, 0.6) is 0 Å². The van der Waals surface area contributed by atoms with Gasteiger partial charge in [-0.25, -0.2) is 0 Å². The first kappa shape index (κ1) is 15.5. The molecule has 0 aromatic heterocycles. The Morgan fingerprint density at radius 1 is 1.05 bits per heavy atom. The molecule has 0 aliphatic heterocycles. The third kappa shape index (κ3) is 5.18. The molecule has 0 atom stereocenters. The maximum atomic E-state index is 11.9. The van der Waals surface area contributed by atoms with Crippen molar-refractivity contribution in [2.24, 2.45) is 0 Å². The molecule has 108 valence electrons. The van der Waals surface area contributed by atoms with Crippen LogP contribution in [0.4, 0.5) is 0 Å². The Balaban J connectivity index is 1.77. The fourth-order valence-electron chi connectivity index (χ4n) is 1.67. The number of benzene rings is 2. The number of esters is 1. The molecule has 4 nitrogen and oxygen atoms in total. The molecule has 0 unspecified atom stereocenters. The number of ether oxygens (including phenoxy) is 1. The van der Waals surface area contributed by atoms with Gasteiger partial charge in [-0.2, -0.15) is 0 Å². The van der Waals surface area contributed by atoms with Gasteiger partial charge in [0.15, 0.2) is 0 Å². The van der Waals surface area contributed by atoms with Crippen LogP contribution in [0, 0.1) is 3.57 Å². The minimum Gasteiger partial charge on any atom is -0.460 e. The Morgan fingerprint density at radius 3 is 2.52 bits per heavy atom. The Morgan fingerprint density at radius 2 is 1.81 bits per heavy atom. The van der Waals surface area contributed by atoms with E-state index in [0.717, 1.165) is 9.13 Å². The molecule has 1 amide bonds. The van der Waals surface area contributed by atoms with Crippen LogP contribution in [0.2, 0.25) is 0 Å². The third-order valence-electron chi connectivity index (χ3n) is 2.72. The summed E-state index contributed by atoms with van der Waals surface area (Å²) in [6.45, 7) is 0.0654. The second kappa shape index (κ2) is 7.78. The maximum absolute atomic E-state index is 11.9. The first-order valence-corrected chi connectivity index (χ1v) is 7.46. The molecule has 2 rings (SSSR count). The summed E-state index contributed by atoms with van der Waals surface area (Å²) in [6, 6.07) is 16.5. The number of hydrogen-bond donors (Lipinski definition) is 1. The van der Waals surface area contributed by atoms with E-state index in [2.05, 4.69) is 27.9 Å². The van der Waals surface area contributed by atoms with Crippen LogP contribution in [0.15, 0.2) is 54.6 Å². The summed E-state index contributed by atoms with van der Waals surface area (Å²) < 4.78 is 6.05. The SMILES string of the molecule is O=C(CNC(=O)c1cccc(I)c1)OCc1ccccc1. The molecule has 2 aromatic rings. The summed E-state index contributed by atoms with van der Waals surface area (Å²) in [4.78, 5) is 23.4. The van der Waals surface area contributed by atoms with Crippen LogP contribution < -0.4 is 5.32 Å². The molecule has 0 bridgehead atoms. The molecule has 5 heteroatoms. The Hall–Kier alpha value is -1.89. The van der Waals surface area contributed by atoms with E-state index in [0.29, 0.717) is 5.56 Å². The van der Waals surface area contributed by atoms with E-state index in [9.17, 15) is 9.59 Å². The molecule has 1 N–H and O–H groups in total. The van der Waals surface area contributed by atoms with Gasteiger partial charge in [0.1, 0.15) is 13.2 Å². The fourth-order valence-corrected chi connectivity index (χ4v) is 2.22. The van der Waals surface area contributed by atoms with E-state index in [-0.39, 0.29) is 19.1 Å². The van der Waals surface area contributed by atoms with Gasteiger partial charge in [-0.1, -0.05) is 36.4 Å². The summed E-state index contributed by atoms with van der Waals surface area (Å²) in [5, 5.41) is 2.55. The van der Waals surface area contributed by atoms with Gasteiger partial charge >= 0.3 is 5.97 Å². The zero-order valence-corrected chi connectivity index (χ0v) is 13.4. The lowest BCUT2D eigenvalue weighted by atomic mass is 10.2. The van der Waals surface area contributed by atoms with Gasteiger partial charge in [-0.05, 0) is 46.4 Å². The molecule has 0 heterocycles. The van der Waals surface area contributed by atoms with Crippen LogP contribution in [0.1, 0.15) is 15.9 Å². The first-order chi connectivity index (χ1) is 10.1. The zero-order valence-electron chi connectivity index (χ0n) is 11.2. The minimum absolute atomic E-state index is 0.142. The summed E-state index contributed by atoms with van der Waals surface area (Å²) in [5.74, 6) is -0.747. The van der Waals surface area contributed by atoms with E-state index >= 15 is 0 Å². The van der Waals surface area contributed by atoms with Crippen molar-refractivity contribution in [3.05, 3.63) is 69.3 Å². The normalized spacial score (nSPS) is 9.95. The number of carbonyl (C=O) groups is 2. The van der Waals surface area contributed by atoms with Gasteiger partial charge in [0.25, 0.3) is 5.91 Å². The first-order valence-electron chi connectivity index (χ1n) is 6.38. The summed E-state index contributed by atoms with van der Waals surface area (Å²) >= 11 is 2.13. The summed E-state index contributed by atoms with van der Waals surface area (Å²) in [6.07, 6.45) is 0. The van der Waals surface area contributed by atoms with Crippen LogP contribution >= 0.6 is 22.6 Å². The van der Waals surface area contributed by atoms with Crippen molar-refractivity contribution in [1.82, 2.24) is 5.32 Å². The number of hydrogen-bond acceptors (Lipinski definition) is 3. The molecule has 0 aliphatic carbocycles. The van der Waals surface area contributed by atoms with Gasteiger partial charge < -0.3 is 10.1 Å². The van der Waals surface area contributed by atoms with Crippen molar-refractivity contribution in [2.75, 3.05) is 6.54 Å². The number of carbonyl (C=O) groups excluding carboxylic acids is 2. The predicted molar refractivity (Wildman–Crippen MR) is 87.7 cm³/mol. The number of nitrogens with one attached hydrogen (secondary N) is 1. The lowest BCUT2D eigenvalue weighted by molar-refractivity contribution is -0.143. The monoisotopic (exact) mass is 395 g/mol. The van der Waals surface area contributed by atoms with Gasteiger partial charge in [-0.15, -0.1) is 0 Å². The maximum Gasteiger partial charge on any atom is 0.325 e. The predicted octanol–water partition coefficient (Wildman–Crippen LogP) is 2.76. The zero-order chi connectivity index (χ0) is 15.1. The summed E-state index contributed by atoms with van der Waals surface area (Å²) in [7, 11) is 0. The Labute approximate surface area is 136 Å². The van der Waals surface area contributed by atoms with Crippen molar-refractivity contribution >= 4 is 34.5 Å². The van der Waals surface area contributed by atoms with E-state index < -0.39 is 5.97 Å². The van der Waals surface area contributed by atoms with E-state index in [4.69, 9.17) is 4.74 Å². The largest absolute Gasteiger partial charge is 0.460 e. The van der Waals surface area contributed by atoms with Crippen LogP contribution in [0.25, 0.3) is 0 Å². The van der Waals surface area contributed by atoms with Crippen LogP contribution in [-0.4, -0.2) is 18.4 Å². The second-order valence-electron chi connectivity index (χ2n) is 4.34. The topological polar surface area (TPSA) is 55.4 Å². The number of rotatable bonds is 5. The third-order valence-corrected chi connectivity index (χ3v) is 3.39. The van der Waals surface area contributed by atoms with Crippen molar-refractivity contribution in [2.45, 2.75) is 6.61 Å². The van der Waals surface area contributed by atoms with Gasteiger partial charge in [0.2, 0.25) is 0 Å². The highest BCUT2D eigenvalue weighted by Gasteiger charge is 2.09. The molecule has 0 spiro atoms. The average molecular weight is 395 g/mol. The van der Waals surface area contributed by atoms with Crippen molar-refractivity contribution in [1.29, 1.82) is 0 Å². The summed E-state index contributed by atoms with van der Waals surface area (Å²) in [5.41, 5.74) is 1.44. The smallest absolute Gasteiger partial charge is 0.325 e. The molecule has 0 aliphatic rings. The highest BCUT2D eigenvalue weighted by atomic mass is 127. The minimum atomic E-state index is -0.460. The number of amides is 1. The molecular weight excluding hydrogens is 381 g/mol. The fraction of sp³-hybridized carbons (Fsp3) is 0.125. The van der Waals surface area contributed by atoms with E-state index in [1.165, 1.54) is 0 Å². The molecule has 0 saturated heterocycles. The van der Waals surface area contributed by atoms with Gasteiger partial charge in [0, 0.05) is 9.13 Å². The molecule has 21 heavy (non-hydrogen) atoms. The van der Waals surface area contributed by atoms with Crippen LogP contribution in [-0.2, 0) is 16.1 Å². The molecule has 2 aromatic carbocycles.